The number of benzene rings is 3. The van der Waals surface area contributed by atoms with Gasteiger partial charge < -0.3 is 9.32 Å². The van der Waals surface area contributed by atoms with Crippen molar-refractivity contribution in [3.05, 3.63) is 84.6 Å². The summed E-state index contributed by atoms with van der Waals surface area (Å²) < 4.78 is 8.85. The van der Waals surface area contributed by atoms with E-state index in [1.165, 1.54) is 36.9 Å². The van der Waals surface area contributed by atoms with Gasteiger partial charge in [-0.3, -0.25) is 9.52 Å². The Balaban J connectivity index is 1.32. The van der Waals surface area contributed by atoms with Gasteiger partial charge in [-0.25, -0.2) is 0 Å². The van der Waals surface area contributed by atoms with Gasteiger partial charge in [0.05, 0.1) is 0 Å². The molecule has 1 amide bonds. The summed E-state index contributed by atoms with van der Waals surface area (Å²) in [5, 5.41) is 0.945. The van der Waals surface area contributed by atoms with E-state index >= 15 is 0 Å². The number of nitrogens with one attached hydrogen (secondary N) is 1. The Labute approximate surface area is 186 Å². The van der Waals surface area contributed by atoms with Crippen LogP contribution in [-0.2, 0) is 0 Å². The van der Waals surface area contributed by atoms with Crippen LogP contribution >= 0.6 is 11.9 Å². The van der Waals surface area contributed by atoms with E-state index in [2.05, 4.69) is 40.0 Å². The molecular formula is C26H24N2O2S. The van der Waals surface area contributed by atoms with Gasteiger partial charge in [0.1, 0.15) is 5.58 Å². The van der Waals surface area contributed by atoms with Gasteiger partial charge in [0.25, 0.3) is 5.91 Å². The molecule has 0 unspecified atom stereocenters. The second kappa shape index (κ2) is 8.90. The Morgan fingerprint density at radius 2 is 1.65 bits per heavy atom. The molecule has 4 nitrogen and oxygen atoms in total. The van der Waals surface area contributed by atoms with E-state index in [-0.39, 0.29) is 5.91 Å². The van der Waals surface area contributed by atoms with Gasteiger partial charge in [-0.1, -0.05) is 48.5 Å². The molecule has 1 fully saturated rings. The summed E-state index contributed by atoms with van der Waals surface area (Å²) in [7, 11) is 0. The van der Waals surface area contributed by atoms with Crippen molar-refractivity contribution in [1.29, 1.82) is 0 Å². The third-order valence-corrected chi connectivity index (χ3v) is 6.54. The number of amides is 1. The van der Waals surface area contributed by atoms with Crippen LogP contribution in [0.5, 0.6) is 0 Å². The number of furan rings is 1. The van der Waals surface area contributed by atoms with Crippen molar-refractivity contribution in [3.63, 3.8) is 0 Å². The van der Waals surface area contributed by atoms with Crippen LogP contribution in [0.1, 0.15) is 29.8 Å². The number of fused-ring (bicyclic) bond motifs is 1. The highest BCUT2D eigenvalue weighted by atomic mass is 32.2. The number of piperidine rings is 1. The molecule has 1 aliphatic heterocycles. The van der Waals surface area contributed by atoms with Crippen LogP contribution in [0, 0.1) is 0 Å². The SMILES string of the molecule is O=C(NSc1ccccc1-c1ccccc1)c1cc2ccc(N3CCCCC3)cc2o1. The molecule has 156 valence electrons. The second-order valence-electron chi connectivity index (χ2n) is 7.78. The van der Waals surface area contributed by atoms with Crippen molar-refractivity contribution >= 4 is 34.5 Å². The Morgan fingerprint density at radius 1 is 0.871 bits per heavy atom. The highest BCUT2D eigenvalue weighted by molar-refractivity contribution is 7.98. The lowest BCUT2D eigenvalue weighted by molar-refractivity contribution is 0.0959. The molecule has 5 rings (SSSR count). The van der Waals surface area contributed by atoms with Crippen molar-refractivity contribution in [2.75, 3.05) is 18.0 Å². The molecule has 0 radical (unpaired) electrons. The van der Waals surface area contributed by atoms with Gasteiger partial charge in [-0.2, -0.15) is 0 Å². The monoisotopic (exact) mass is 428 g/mol. The first kappa shape index (κ1) is 19.8. The lowest BCUT2D eigenvalue weighted by Crippen LogP contribution is -2.29. The first-order valence-corrected chi connectivity index (χ1v) is 11.5. The zero-order valence-electron chi connectivity index (χ0n) is 17.2. The molecule has 1 aliphatic rings. The first-order chi connectivity index (χ1) is 15.3. The van der Waals surface area contributed by atoms with E-state index in [1.807, 2.05) is 48.5 Å². The Hall–Kier alpha value is -3.18. The standard InChI is InChI=1S/C26H24N2O2S/c29-26(27-31-25-12-6-5-11-22(25)19-9-3-1-4-10-19)24-17-20-13-14-21(18-23(20)30-24)28-15-7-2-8-16-28/h1,3-6,9-14,17-18H,2,7-8,15-16H2,(H,27,29). The smallest absolute Gasteiger partial charge is 0.297 e. The first-order valence-electron chi connectivity index (χ1n) is 10.7. The summed E-state index contributed by atoms with van der Waals surface area (Å²) in [6, 6.07) is 26.3. The molecule has 0 spiro atoms. The third kappa shape index (κ3) is 4.32. The van der Waals surface area contributed by atoms with Gasteiger partial charge in [0.15, 0.2) is 5.76 Å². The molecule has 0 saturated carbocycles. The van der Waals surface area contributed by atoms with E-state index in [0.29, 0.717) is 5.76 Å². The van der Waals surface area contributed by atoms with E-state index in [4.69, 9.17) is 4.42 Å². The maximum atomic E-state index is 12.8. The predicted molar refractivity (Wildman–Crippen MR) is 127 cm³/mol. The number of carbonyl (C=O) groups is 1. The Morgan fingerprint density at radius 3 is 2.48 bits per heavy atom. The van der Waals surface area contributed by atoms with Crippen LogP contribution in [0.4, 0.5) is 5.69 Å². The molecule has 3 aromatic carbocycles. The van der Waals surface area contributed by atoms with Crippen molar-refractivity contribution in [2.45, 2.75) is 24.2 Å². The zero-order valence-corrected chi connectivity index (χ0v) is 18.0. The molecule has 1 N–H and O–H groups in total. The van der Waals surface area contributed by atoms with Gasteiger partial charge in [0, 0.05) is 35.1 Å². The minimum absolute atomic E-state index is 0.233. The average molecular weight is 429 g/mol. The summed E-state index contributed by atoms with van der Waals surface area (Å²) in [6.07, 6.45) is 3.76. The fraction of sp³-hybridized carbons (Fsp3) is 0.192. The van der Waals surface area contributed by atoms with E-state index in [9.17, 15) is 4.79 Å². The van der Waals surface area contributed by atoms with Crippen molar-refractivity contribution in [1.82, 2.24) is 4.72 Å². The number of hydrogen-bond acceptors (Lipinski definition) is 4. The van der Waals surface area contributed by atoms with Crippen molar-refractivity contribution in [2.24, 2.45) is 0 Å². The normalized spacial score (nSPS) is 14.0. The molecular weight excluding hydrogens is 404 g/mol. The molecule has 31 heavy (non-hydrogen) atoms. The minimum atomic E-state index is -0.233. The number of hydrogen-bond donors (Lipinski definition) is 1. The summed E-state index contributed by atoms with van der Waals surface area (Å²) in [4.78, 5) is 16.2. The number of nitrogens with zero attached hydrogens (tertiary/aromatic N) is 1. The van der Waals surface area contributed by atoms with Gasteiger partial charge in [-0.15, -0.1) is 0 Å². The highest BCUT2D eigenvalue weighted by Gasteiger charge is 2.16. The van der Waals surface area contributed by atoms with Crippen molar-refractivity contribution in [3.8, 4) is 11.1 Å². The summed E-state index contributed by atoms with van der Waals surface area (Å²) in [5.41, 5.74) is 4.13. The van der Waals surface area contributed by atoms with Crippen molar-refractivity contribution < 1.29 is 9.21 Å². The highest BCUT2D eigenvalue weighted by Crippen LogP contribution is 2.31. The van der Waals surface area contributed by atoms with Gasteiger partial charge >= 0.3 is 0 Å². The Bertz CT molecular complexity index is 1200. The fourth-order valence-corrected chi connectivity index (χ4v) is 4.79. The number of rotatable bonds is 5. The topological polar surface area (TPSA) is 45.5 Å². The van der Waals surface area contributed by atoms with Crippen LogP contribution in [0.3, 0.4) is 0 Å². The summed E-state index contributed by atoms with van der Waals surface area (Å²) in [6.45, 7) is 2.16. The summed E-state index contributed by atoms with van der Waals surface area (Å²) >= 11 is 1.31. The molecule has 0 bridgehead atoms. The van der Waals surface area contributed by atoms with Gasteiger partial charge in [0.2, 0.25) is 0 Å². The Kier molecular flexibility index (Phi) is 5.67. The summed E-state index contributed by atoms with van der Waals surface area (Å²) in [5.74, 6) is 0.0964. The molecule has 2 heterocycles. The van der Waals surface area contributed by atoms with Crippen LogP contribution in [0.2, 0.25) is 0 Å². The second-order valence-corrected chi connectivity index (χ2v) is 8.62. The maximum Gasteiger partial charge on any atom is 0.297 e. The number of anilines is 1. The van der Waals surface area contributed by atoms with Gasteiger partial charge in [-0.05, 0) is 66.6 Å². The predicted octanol–water partition coefficient (Wildman–Crippen LogP) is 6.53. The zero-order chi connectivity index (χ0) is 21.0. The molecule has 1 saturated heterocycles. The molecule has 0 aliphatic carbocycles. The lowest BCUT2D eigenvalue weighted by Gasteiger charge is -2.28. The lowest BCUT2D eigenvalue weighted by atomic mass is 10.1. The van der Waals surface area contributed by atoms with E-state index < -0.39 is 0 Å². The molecule has 5 heteroatoms. The van der Waals surface area contributed by atoms with E-state index in [1.54, 1.807) is 0 Å². The van der Waals surface area contributed by atoms with Crippen LogP contribution in [-0.4, -0.2) is 19.0 Å². The molecule has 4 aromatic rings. The van der Waals surface area contributed by atoms with Crippen LogP contribution in [0.25, 0.3) is 22.1 Å². The van der Waals surface area contributed by atoms with E-state index in [0.717, 1.165) is 40.1 Å². The number of carbonyl (C=O) groups excluding carboxylic acids is 1. The maximum absolute atomic E-state index is 12.8. The minimum Gasteiger partial charge on any atom is -0.451 e. The average Bonchev–Trinajstić information content (AvgIpc) is 3.27. The van der Waals surface area contributed by atoms with Crippen LogP contribution in [0.15, 0.2) is 88.2 Å². The fourth-order valence-electron chi connectivity index (χ4n) is 4.04. The largest absolute Gasteiger partial charge is 0.451 e. The quantitative estimate of drug-likeness (QED) is 0.367. The molecule has 0 atom stereocenters. The molecule has 1 aromatic heterocycles. The van der Waals surface area contributed by atoms with Crippen LogP contribution < -0.4 is 9.62 Å². The third-order valence-electron chi connectivity index (χ3n) is 5.67.